The van der Waals surface area contributed by atoms with Gasteiger partial charge < -0.3 is 10.4 Å². The predicted octanol–water partition coefficient (Wildman–Crippen LogP) is 8.27. The molecule has 2 amide bonds. The molecule has 3 aromatic carbocycles. The number of pyridine rings is 1. The van der Waals surface area contributed by atoms with Crippen LogP contribution in [0, 0.1) is 0 Å². The number of carbonyl (C=O) groups excluding carboxylic acids is 1. The molecule has 46 heavy (non-hydrogen) atoms. The molecular weight excluding hydrogens is 618 g/mol. The molecule has 0 spiro atoms. The van der Waals surface area contributed by atoms with E-state index < -0.39 is 0 Å². The van der Waals surface area contributed by atoms with Gasteiger partial charge in [-0.05, 0) is 53.9 Å². The number of phenolic OH excluding ortho intramolecular Hbond substituents is 1. The SMILES string of the molecule is CCc1ccc(-n2nc(C(C)(C)C)cc2NC(=O)NCc2ccccc2Sc2ccc3nnc(-c4ccccc4Cl)n3c2)cc1O. The average Bonchev–Trinajstić information content (AvgIpc) is 3.65. The van der Waals surface area contributed by atoms with Crippen molar-refractivity contribution in [1.82, 2.24) is 29.7 Å². The lowest BCUT2D eigenvalue weighted by Gasteiger charge is -2.14. The lowest BCUT2D eigenvalue weighted by molar-refractivity contribution is 0.251. The maximum Gasteiger partial charge on any atom is 0.320 e. The van der Waals surface area contributed by atoms with Crippen LogP contribution in [-0.2, 0) is 18.4 Å². The van der Waals surface area contributed by atoms with Crippen molar-refractivity contribution in [3.05, 3.63) is 113 Å². The number of nitrogens with one attached hydrogen (secondary N) is 2. The zero-order valence-corrected chi connectivity index (χ0v) is 27.5. The lowest BCUT2D eigenvalue weighted by Crippen LogP contribution is -2.29. The molecule has 0 unspecified atom stereocenters. The summed E-state index contributed by atoms with van der Waals surface area (Å²) in [5.74, 6) is 1.37. The predicted molar refractivity (Wildman–Crippen MR) is 183 cm³/mol. The number of phenols is 1. The van der Waals surface area contributed by atoms with Crippen LogP contribution in [-0.4, -0.2) is 35.5 Å². The minimum Gasteiger partial charge on any atom is -0.508 e. The molecule has 6 aromatic rings. The molecule has 0 atom stereocenters. The molecule has 11 heteroatoms. The number of aromatic hydroxyl groups is 1. The Hall–Kier alpha value is -4.80. The number of aromatic nitrogens is 5. The van der Waals surface area contributed by atoms with Gasteiger partial charge in [0, 0.05) is 45.6 Å². The summed E-state index contributed by atoms with van der Waals surface area (Å²) in [5.41, 5.74) is 4.55. The zero-order chi connectivity index (χ0) is 32.4. The van der Waals surface area contributed by atoms with E-state index in [1.165, 1.54) is 0 Å². The highest BCUT2D eigenvalue weighted by Crippen LogP contribution is 2.33. The summed E-state index contributed by atoms with van der Waals surface area (Å²) in [6, 6.07) is 26.4. The number of urea groups is 1. The maximum atomic E-state index is 13.2. The summed E-state index contributed by atoms with van der Waals surface area (Å²) in [5, 5.41) is 30.5. The second-order valence-electron chi connectivity index (χ2n) is 11.9. The van der Waals surface area contributed by atoms with Crippen molar-refractivity contribution in [2.45, 2.75) is 55.9 Å². The molecule has 9 nitrogen and oxygen atoms in total. The van der Waals surface area contributed by atoms with Gasteiger partial charge in [0.25, 0.3) is 0 Å². The molecular formula is C35H34ClN7O2S. The third-order valence-electron chi connectivity index (χ3n) is 7.54. The van der Waals surface area contributed by atoms with Crippen molar-refractivity contribution >= 4 is 40.9 Å². The number of amides is 2. The van der Waals surface area contributed by atoms with Crippen molar-refractivity contribution in [1.29, 1.82) is 0 Å². The molecule has 6 rings (SSSR count). The summed E-state index contributed by atoms with van der Waals surface area (Å²) in [6.07, 6.45) is 2.71. The number of aryl methyl sites for hydroxylation is 1. The largest absolute Gasteiger partial charge is 0.508 e. The van der Waals surface area contributed by atoms with Crippen molar-refractivity contribution in [3.63, 3.8) is 0 Å². The Morgan fingerprint density at radius 3 is 2.50 bits per heavy atom. The first-order valence-corrected chi connectivity index (χ1v) is 16.1. The van der Waals surface area contributed by atoms with Crippen LogP contribution in [0.3, 0.4) is 0 Å². The van der Waals surface area contributed by atoms with Crippen LogP contribution < -0.4 is 10.6 Å². The average molecular weight is 652 g/mol. The topological polar surface area (TPSA) is 109 Å². The summed E-state index contributed by atoms with van der Waals surface area (Å²) >= 11 is 8.04. The minimum atomic E-state index is -0.369. The Morgan fingerprint density at radius 1 is 0.957 bits per heavy atom. The number of halogens is 1. The van der Waals surface area contributed by atoms with E-state index >= 15 is 0 Å². The van der Waals surface area contributed by atoms with Crippen LogP contribution in [0.15, 0.2) is 101 Å². The Morgan fingerprint density at radius 2 is 1.74 bits per heavy atom. The summed E-state index contributed by atoms with van der Waals surface area (Å²) in [7, 11) is 0. The Kier molecular flexibility index (Phi) is 8.75. The minimum absolute atomic E-state index is 0.195. The molecule has 0 bridgehead atoms. The van der Waals surface area contributed by atoms with E-state index in [-0.39, 0.29) is 17.2 Å². The highest BCUT2D eigenvalue weighted by molar-refractivity contribution is 7.99. The van der Waals surface area contributed by atoms with Gasteiger partial charge in [-0.15, -0.1) is 10.2 Å². The van der Waals surface area contributed by atoms with Gasteiger partial charge in [-0.25, -0.2) is 9.48 Å². The molecule has 0 radical (unpaired) electrons. The van der Waals surface area contributed by atoms with E-state index in [1.54, 1.807) is 22.5 Å². The van der Waals surface area contributed by atoms with E-state index in [9.17, 15) is 9.90 Å². The maximum absolute atomic E-state index is 13.2. The molecule has 0 aliphatic rings. The second-order valence-corrected chi connectivity index (χ2v) is 13.4. The zero-order valence-electron chi connectivity index (χ0n) is 26.0. The highest BCUT2D eigenvalue weighted by atomic mass is 35.5. The van der Waals surface area contributed by atoms with Crippen LogP contribution in [0.5, 0.6) is 5.75 Å². The van der Waals surface area contributed by atoms with Crippen LogP contribution in [0.2, 0.25) is 5.02 Å². The second kappa shape index (κ2) is 12.9. The first-order chi connectivity index (χ1) is 22.1. The van der Waals surface area contributed by atoms with Crippen molar-refractivity contribution in [3.8, 4) is 22.8 Å². The van der Waals surface area contributed by atoms with Crippen molar-refractivity contribution in [2.75, 3.05) is 5.32 Å². The number of anilines is 1. The van der Waals surface area contributed by atoms with Gasteiger partial charge in [-0.3, -0.25) is 9.72 Å². The van der Waals surface area contributed by atoms with Gasteiger partial charge in [0.05, 0.1) is 16.4 Å². The molecule has 0 saturated carbocycles. The first kappa shape index (κ1) is 31.2. The number of benzene rings is 3. The molecule has 234 valence electrons. The van der Waals surface area contributed by atoms with Gasteiger partial charge in [0.1, 0.15) is 11.6 Å². The number of fused-ring (bicyclic) bond motifs is 1. The molecule has 3 aromatic heterocycles. The van der Waals surface area contributed by atoms with Crippen LogP contribution in [0.4, 0.5) is 10.6 Å². The third-order valence-corrected chi connectivity index (χ3v) is 8.97. The van der Waals surface area contributed by atoms with Crippen LogP contribution in [0.1, 0.15) is 44.5 Å². The smallest absolute Gasteiger partial charge is 0.320 e. The van der Waals surface area contributed by atoms with Gasteiger partial charge in [0.2, 0.25) is 0 Å². The van der Waals surface area contributed by atoms with E-state index in [0.717, 1.165) is 37.8 Å². The molecule has 3 heterocycles. The molecule has 0 aliphatic heterocycles. The van der Waals surface area contributed by atoms with Gasteiger partial charge >= 0.3 is 6.03 Å². The number of rotatable bonds is 8. The number of hydrogen-bond acceptors (Lipinski definition) is 6. The first-order valence-electron chi connectivity index (χ1n) is 14.9. The molecule has 0 aliphatic carbocycles. The van der Waals surface area contributed by atoms with E-state index in [0.29, 0.717) is 35.3 Å². The van der Waals surface area contributed by atoms with Crippen molar-refractivity contribution < 1.29 is 9.90 Å². The fourth-order valence-corrected chi connectivity index (χ4v) is 6.17. The monoisotopic (exact) mass is 651 g/mol. The lowest BCUT2D eigenvalue weighted by atomic mass is 9.92. The quantitative estimate of drug-likeness (QED) is 0.153. The van der Waals surface area contributed by atoms with Gasteiger partial charge in [0.15, 0.2) is 11.5 Å². The summed E-state index contributed by atoms with van der Waals surface area (Å²) in [4.78, 5) is 15.2. The van der Waals surface area contributed by atoms with E-state index in [2.05, 4.69) is 41.6 Å². The molecule has 3 N–H and O–H groups in total. The fourth-order valence-electron chi connectivity index (χ4n) is 4.99. The summed E-state index contributed by atoms with van der Waals surface area (Å²) < 4.78 is 3.59. The Labute approximate surface area is 276 Å². The Bertz CT molecular complexity index is 2050. The van der Waals surface area contributed by atoms with E-state index in [4.69, 9.17) is 16.7 Å². The van der Waals surface area contributed by atoms with E-state index in [1.807, 2.05) is 96.4 Å². The highest BCUT2D eigenvalue weighted by Gasteiger charge is 2.22. The number of nitrogens with zero attached hydrogens (tertiary/aromatic N) is 5. The van der Waals surface area contributed by atoms with Gasteiger partial charge in [-0.2, -0.15) is 5.10 Å². The molecule has 0 fully saturated rings. The third kappa shape index (κ3) is 6.59. The van der Waals surface area contributed by atoms with Crippen molar-refractivity contribution in [2.24, 2.45) is 0 Å². The number of hydrogen-bond donors (Lipinski definition) is 3. The summed E-state index contributed by atoms with van der Waals surface area (Å²) in [6.45, 7) is 8.49. The van der Waals surface area contributed by atoms with Crippen LogP contribution in [0.25, 0.3) is 22.7 Å². The molecule has 0 saturated heterocycles. The number of carbonyl (C=O) groups is 1. The van der Waals surface area contributed by atoms with Gasteiger partial charge in [-0.1, -0.05) is 87.5 Å². The Balaban J connectivity index is 1.20. The normalized spacial score (nSPS) is 11.6. The fraction of sp³-hybridized carbons (Fsp3) is 0.200. The standard InChI is InChI=1S/C35H34ClN7O2S/c1-5-22-14-15-24(18-28(22)44)43-32(19-30(41-43)35(2,3)4)38-34(45)37-20-23-10-6-9-13-29(23)46-25-16-17-31-39-40-33(42(31)21-25)26-11-7-8-12-27(26)36/h6-19,21,44H,5,20H2,1-4H3,(H2,37,38,45). The van der Waals surface area contributed by atoms with Crippen LogP contribution >= 0.6 is 23.4 Å².